The van der Waals surface area contributed by atoms with Crippen LogP contribution < -0.4 is 5.32 Å². The molecular formula is C16H23N3S. The predicted octanol–water partition coefficient (Wildman–Crippen LogP) is 3.99. The number of benzene rings is 1. The molecule has 2 rings (SSSR count). The van der Waals surface area contributed by atoms with Crippen molar-refractivity contribution in [2.45, 2.75) is 39.9 Å². The first-order valence-corrected chi connectivity index (χ1v) is 7.97. The number of hydrogen-bond acceptors (Lipinski definition) is 4. The van der Waals surface area contributed by atoms with E-state index in [1.54, 1.807) is 11.3 Å². The Morgan fingerprint density at radius 3 is 2.60 bits per heavy atom. The van der Waals surface area contributed by atoms with E-state index in [0.29, 0.717) is 6.04 Å². The molecule has 20 heavy (non-hydrogen) atoms. The molecule has 0 aliphatic carbocycles. The summed E-state index contributed by atoms with van der Waals surface area (Å²) in [5.41, 5.74) is 1.36. The molecular weight excluding hydrogens is 266 g/mol. The minimum atomic E-state index is 0.514. The van der Waals surface area contributed by atoms with Crippen LogP contribution >= 0.6 is 11.3 Å². The lowest BCUT2D eigenvalue weighted by Gasteiger charge is -2.25. The Labute approximate surface area is 125 Å². The van der Waals surface area contributed by atoms with Gasteiger partial charge >= 0.3 is 0 Å². The normalized spacial score (nSPS) is 11.2. The van der Waals surface area contributed by atoms with Gasteiger partial charge in [0.05, 0.1) is 0 Å². The van der Waals surface area contributed by atoms with Gasteiger partial charge in [0.1, 0.15) is 0 Å². The van der Waals surface area contributed by atoms with Crippen LogP contribution in [-0.4, -0.2) is 22.5 Å². The quantitative estimate of drug-likeness (QED) is 0.835. The smallest absolute Gasteiger partial charge is 0.182 e. The highest BCUT2D eigenvalue weighted by atomic mass is 32.1. The molecule has 0 radical (unpaired) electrons. The molecule has 1 heterocycles. The Kier molecular flexibility index (Phi) is 5.56. The van der Waals surface area contributed by atoms with Crippen LogP contribution in [0.15, 0.2) is 36.5 Å². The van der Waals surface area contributed by atoms with E-state index in [2.05, 4.69) is 66.3 Å². The highest BCUT2D eigenvalue weighted by Crippen LogP contribution is 2.21. The van der Waals surface area contributed by atoms with Gasteiger partial charge in [-0.05, 0) is 26.3 Å². The molecule has 4 heteroatoms. The average Bonchev–Trinajstić information content (AvgIpc) is 2.87. The summed E-state index contributed by atoms with van der Waals surface area (Å²) in [7, 11) is 0. The molecule has 0 fully saturated rings. The number of rotatable bonds is 7. The zero-order chi connectivity index (χ0) is 14.4. The van der Waals surface area contributed by atoms with E-state index in [1.165, 1.54) is 10.4 Å². The van der Waals surface area contributed by atoms with Gasteiger partial charge in [-0.3, -0.25) is 4.90 Å². The van der Waals surface area contributed by atoms with E-state index in [4.69, 9.17) is 0 Å². The molecule has 0 amide bonds. The first-order chi connectivity index (χ1) is 9.69. The molecule has 0 unspecified atom stereocenters. The molecule has 108 valence electrons. The Morgan fingerprint density at radius 2 is 1.95 bits per heavy atom. The predicted molar refractivity (Wildman–Crippen MR) is 87.1 cm³/mol. The van der Waals surface area contributed by atoms with Crippen molar-refractivity contribution in [1.82, 2.24) is 9.88 Å². The summed E-state index contributed by atoms with van der Waals surface area (Å²) in [4.78, 5) is 8.19. The Bertz CT molecular complexity index is 507. The third-order valence-corrected chi connectivity index (χ3v) is 4.14. The molecule has 0 aliphatic heterocycles. The molecule has 3 nitrogen and oxygen atoms in total. The second kappa shape index (κ2) is 7.41. The van der Waals surface area contributed by atoms with E-state index in [1.807, 2.05) is 6.20 Å². The van der Waals surface area contributed by atoms with Crippen molar-refractivity contribution in [1.29, 1.82) is 0 Å². The van der Waals surface area contributed by atoms with Gasteiger partial charge in [-0.1, -0.05) is 30.3 Å². The third kappa shape index (κ3) is 4.32. The number of thiazole rings is 1. The fraction of sp³-hybridized carbons (Fsp3) is 0.438. The van der Waals surface area contributed by atoms with E-state index in [9.17, 15) is 0 Å². The maximum absolute atomic E-state index is 4.41. The summed E-state index contributed by atoms with van der Waals surface area (Å²) >= 11 is 1.75. The SMILES string of the molecule is CCNc1ncc(CN(Cc2ccccc2)C(C)C)s1. The molecule has 0 saturated heterocycles. The van der Waals surface area contributed by atoms with Gasteiger partial charge in [0.15, 0.2) is 5.13 Å². The number of aromatic nitrogens is 1. The van der Waals surface area contributed by atoms with E-state index < -0.39 is 0 Å². The molecule has 1 aromatic carbocycles. The van der Waals surface area contributed by atoms with E-state index in [-0.39, 0.29) is 0 Å². The highest BCUT2D eigenvalue weighted by Gasteiger charge is 2.12. The fourth-order valence-corrected chi connectivity index (χ4v) is 2.96. The zero-order valence-electron chi connectivity index (χ0n) is 12.5. The number of hydrogen-bond donors (Lipinski definition) is 1. The van der Waals surface area contributed by atoms with Crippen LogP contribution in [0.5, 0.6) is 0 Å². The topological polar surface area (TPSA) is 28.2 Å². The Hall–Kier alpha value is -1.39. The summed E-state index contributed by atoms with van der Waals surface area (Å²) in [5.74, 6) is 0. The van der Waals surface area contributed by atoms with Crippen molar-refractivity contribution in [3.63, 3.8) is 0 Å². The maximum atomic E-state index is 4.41. The van der Waals surface area contributed by atoms with E-state index in [0.717, 1.165) is 24.8 Å². The van der Waals surface area contributed by atoms with Crippen LogP contribution in [0.4, 0.5) is 5.13 Å². The third-order valence-electron chi connectivity index (χ3n) is 3.20. The number of nitrogens with one attached hydrogen (secondary N) is 1. The summed E-state index contributed by atoms with van der Waals surface area (Å²) in [6, 6.07) is 11.2. The molecule has 2 aromatic rings. The first kappa shape index (κ1) is 15.0. The van der Waals surface area contributed by atoms with E-state index >= 15 is 0 Å². The van der Waals surface area contributed by atoms with Gasteiger partial charge in [-0.15, -0.1) is 11.3 Å². The second-order valence-electron chi connectivity index (χ2n) is 5.15. The van der Waals surface area contributed by atoms with Gasteiger partial charge < -0.3 is 5.32 Å². The van der Waals surface area contributed by atoms with Crippen LogP contribution in [0.25, 0.3) is 0 Å². The molecule has 0 atom stereocenters. The lowest BCUT2D eigenvalue weighted by atomic mass is 10.2. The molecule has 1 aromatic heterocycles. The summed E-state index contributed by atoms with van der Waals surface area (Å²) < 4.78 is 0. The molecule has 0 aliphatic rings. The van der Waals surface area contributed by atoms with Gasteiger partial charge in [-0.2, -0.15) is 0 Å². The van der Waals surface area contributed by atoms with Crippen LogP contribution in [0.1, 0.15) is 31.2 Å². The largest absolute Gasteiger partial charge is 0.362 e. The number of anilines is 1. The van der Waals surface area contributed by atoms with Crippen molar-refractivity contribution < 1.29 is 0 Å². The first-order valence-electron chi connectivity index (χ1n) is 7.15. The fourth-order valence-electron chi connectivity index (χ4n) is 2.05. The molecule has 1 N–H and O–H groups in total. The van der Waals surface area contributed by atoms with Crippen LogP contribution in [-0.2, 0) is 13.1 Å². The van der Waals surface area contributed by atoms with Gasteiger partial charge in [0.2, 0.25) is 0 Å². The minimum Gasteiger partial charge on any atom is -0.362 e. The average molecular weight is 289 g/mol. The summed E-state index contributed by atoms with van der Waals surface area (Å²) in [6.07, 6.45) is 1.99. The summed E-state index contributed by atoms with van der Waals surface area (Å²) in [5, 5.41) is 4.29. The zero-order valence-corrected chi connectivity index (χ0v) is 13.3. The minimum absolute atomic E-state index is 0.514. The lowest BCUT2D eigenvalue weighted by molar-refractivity contribution is 0.205. The highest BCUT2D eigenvalue weighted by molar-refractivity contribution is 7.15. The Morgan fingerprint density at radius 1 is 1.20 bits per heavy atom. The summed E-state index contributed by atoms with van der Waals surface area (Å²) in [6.45, 7) is 9.44. The lowest BCUT2D eigenvalue weighted by Crippen LogP contribution is -2.29. The van der Waals surface area contributed by atoms with Crippen molar-refractivity contribution >= 4 is 16.5 Å². The molecule has 0 bridgehead atoms. The van der Waals surface area contributed by atoms with Gasteiger partial charge in [-0.25, -0.2) is 4.98 Å². The number of nitrogens with zero attached hydrogens (tertiary/aromatic N) is 2. The standard InChI is InChI=1S/C16H23N3S/c1-4-17-16-18-10-15(20-16)12-19(13(2)3)11-14-8-6-5-7-9-14/h5-10,13H,4,11-12H2,1-3H3,(H,17,18). The van der Waals surface area contributed by atoms with Crippen molar-refractivity contribution in [2.75, 3.05) is 11.9 Å². The van der Waals surface area contributed by atoms with Crippen LogP contribution in [0, 0.1) is 0 Å². The van der Waals surface area contributed by atoms with Crippen molar-refractivity contribution in [3.05, 3.63) is 47.0 Å². The van der Waals surface area contributed by atoms with Gasteiger partial charge in [0, 0.05) is 36.8 Å². The van der Waals surface area contributed by atoms with Gasteiger partial charge in [0.25, 0.3) is 0 Å². The van der Waals surface area contributed by atoms with Crippen LogP contribution in [0.2, 0.25) is 0 Å². The van der Waals surface area contributed by atoms with Crippen molar-refractivity contribution in [3.8, 4) is 0 Å². The van der Waals surface area contributed by atoms with Crippen molar-refractivity contribution in [2.24, 2.45) is 0 Å². The van der Waals surface area contributed by atoms with Crippen LogP contribution in [0.3, 0.4) is 0 Å². The monoisotopic (exact) mass is 289 g/mol. The second-order valence-corrected chi connectivity index (χ2v) is 6.26. The molecule has 0 saturated carbocycles. The maximum Gasteiger partial charge on any atom is 0.182 e. The Balaban J connectivity index is 2.01. The molecule has 0 spiro atoms.